The summed E-state index contributed by atoms with van der Waals surface area (Å²) in [4.78, 5) is 18.7. The zero-order valence-corrected chi connectivity index (χ0v) is 17.1. The number of para-hydroxylation sites is 1. The molecule has 0 bridgehead atoms. The summed E-state index contributed by atoms with van der Waals surface area (Å²) in [6.45, 7) is 0.710. The number of nitrogens with zero attached hydrogens (tertiary/aromatic N) is 1. The average molecular weight is 429 g/mol. The summed E-state index contributed by atoms with van der Waals surface area (Å²) >= 11 is 0. The molecule has 1 atom stereocenters. The van der Waals surface area contributed by atoms with Crippen LogP contribution in [-0.2, 0) is 6.42 Å². The number of amides is 2. The molecular weight excluding hydrogens is 409 g/mol. The molecule has 3 aromatic carbocycles. The van der Waals surface area contributed by atoms with E-state index in [0.717, 1.165) is 28.6 Å². The molecule has 2 aliphatic heterocycles. The normalized spacial score (nSPS) is 16.8. The topological polar surface area (TPSA) is 66.6 Å². The van der Waals surface area contributed by atoms with Gasteiger partial charge in [-0.15, -0.1) is 0 Å². The molecule has 0 fully saturated rings. The highest BCUT2D eigenvalue weighted by atomic mass is 19.1. The Hall–Kier alpha value is -4.00. The van der Waals surface area contributed by atoms with Gasteiger partial charge in [-0.05, 0) is 47.9 Å². The van der Waals surface area contributed by atoms with E-state index in [1.54, 1.807) is 35.2 Å². The first kappa shape index (κ1) is 18.7. The lowest BCUT2D eigenvalue weighted by Crippen LogP contribution is -2.43. The van der Waals surface area contributed by atoms with Crippen molar-refractivity contribution < 1.29 is 18.7 Å². The highest BCUT2D eigenvalue weighted by Gasteiger charge is 2.34. The number of aromatic nitrogens is 1. The molecule has 7 heteroatoms. The fraction of sp³-hybridized carbons (Fsp3) is 0.160. The van der Waals surface area contributed by atoms with Crippen molar-refractivity contribution in [2.24, 2.45) is 0 Å². The van der Waals surface area contributed by atoms with Gasteiger partial charge in [0.1, 0.15) is 5.82 Å². The summed E-state index contributed by atoms with van der Waals surface area (Å²) in [5.74, 6) is 0.958. The molecule has 1 unspecified atom stereocenters. The lowest BCUT2D eigenvalue weighted by Gasteiger charge is -2.36. The second-order valence-corrected chi connectivity index (χ2v) is 7.96. The number of urea groups is 1. The molecule has 0 radical (unpaired) electrons. The monoisotopic (exact) mass is 429 g/mol. The van der Waals surface area contributed by atoms with E-state index in [9.17, 15) is 9.18 Å². The first-order chi connectivity index (χ1) is 15.7. The zero-order chi connectivity index (χ0) is 21.7. The van der Waals surface area contributed by atoms with Gasteiger partial charge in [0.2, 0.25) is 6.79 Å². The fourth-order valence-electron chi connectivity index (χ4n) is 4.62. The number of hydrogen-bond donors (Lipinski definition) is 2. The van der Waals surface area contributed by atoms with E-state index in [1.165, 1.54) is 17.7 Å². The highest BCUT2D eigenvalue weighted by molar-refractivity contribution is 5.92. The van der Waals surface area contributed by atoms with Crippen molar-refractivity contribution in [2.45, 2.75) is 12.5 Å². The SMILES string of the molecule is O=C(Nc1ccc2c(c1)OCO2)N1CCc2c([nH]c3ccccc23)C1c1ccc(F)cc1. The van der Waals surface area contributed by atoms with Gasteiger partial charge < -0.3 is 24.7 Å². The molecule has 1 aromatic heterocycles. The number of anilines is 1. The lowest BCUT2D eigenvalue weighted by atomic mass is 9.92. The van der Waals surface area contributed by atoms with Gasteiger partial charge >= 0.3 is 6.03 Å². The summed E-state index contributed by atoms with van der Waals surface area (Å²) in [6, 6.07) is 19.2. The Balaban J connectivity index is 1.39. The van der Waals surface area contributed by atoms with Gasteiger partial charge in [-0.2, -0.15) is 0 Å². The van der Waals surface area contributed by atoms with E-state index >= 15 is 0 Å². The Bertz CT molecular complexity index is 1330. The van der Waals surface area contributed by atoms with Crippen molar-refractivity contribution >= 4 is 22.6 Å². The van der Waals surface area contributed by atoms with Crippen LogP contribution in [0.2, 0.25) is 0 Å². The van der Waals surface area contributed by atoms with Crippen LogP contribution in [0.5, 0.6) is 11.5 Å². The Morgan fingerprint density at radius 3 is 2.72 bits per heavy atom. The van der Waals surface area contributed by atoms with Crippen molar-refractivity contribution in [3.63, 3.8) is 0 Å². The molecule has 6 rings (SSSR count). The zero-order valence-electron chi connectivity index (χ0n) is 17.1. The summed E-state index contributed by atoms with van der Waals surface area (Å²) in [5, 5.41) is 4.14. The molecule has 2 aliphatic rings. The van der Waals surface area contributed by atoms with Gasteiger partial charge in [-0.1, -0.05) is 30.3 Å². The van der Waals surface area contributed by atoms with Gasteiger partial charge in [0.15, 0.2) is 11.5 Å². The number of H-pyrrole nitrogens is 1. The van der Waals surface area contributed by atoms with Crippen molar-refractivity contribution in [3.05, 3.63) is 89.4 Å². The van der Waals surface area contributed by atoms with Crippen LogP contribution < -0.4 is 14.8 Å². The standard InChI is InChI=1S/C25H20FN3O3/c26-16-7-5-15(6-8-16)24-23-19(18-3-1-2-4-20(18)28-23)11-12-29(24)25(30)27-17-9-10-21-22(13-17)32-14-31-21/h1-10,13,24,28H,11-12,14H2,(H,27,30). The molecule has 0 saturated carbocycles. The van der Waals surface area contributed by atoms with E-state index in [0.29, 0.717) is 23.7 Å². The maximum absolute atomic E-state index is 13.6. The predicted octanol–water partition coefficient (Wildman–Crippen LogP) is 5.22. The number of benzene rings is 3. The van der Waals surface area contributed by atoms with Crippen LogP contribution in [0.4, 0.5) is 14.9 Å². The van der Waals surface area contributed by atoms with Crippen LogP contribution in [0, 0.1) is 5.82 Å². The molecule has 4 aromatic rings. The minimum absolute atomic E-state index is 0.175. The Kier molecular flexibility index (Phi) is 4.28. The van der Waals surface area contributed by atoms with E-state index < -0.39 is 0 Å². The van der Waals surface area contributed by atoms with Gasteiger partial charge in [-0.25, -0.2) is 9.18 Å². The Morgan fingerprint density at radius 2 is 1.84 bits per heavy atom. The third-order valence-electron chi connectivity index (χ3n) is 6.10. The van der Waals surface area contributed by atoms with Gasteiger partial charge in [0, 0.05) is 34.9 Å². The van der Waals surface area contributed by atoms with E-state index in [4.69, 9.17) is 9.47 Å². The van der Waals surface area contributed by atoms with E-state index in [2.05, 4.69) is 16.4 Å². The first-order valence-corrected chi connectivity index (χ1v) is 10.5. The van der Waals surface area contributed by atoms with Gasteiger partial charge in [-0.3, -0.25) is 0 Å². The number of aromatic amines is 1. The molecule has 0 spiro atoms. The molecule has 2 N–H and O–H groups in total. The number of carbonyl (C=O) groups is 1. The maximum atomic E-state index is 13.6. The molecule has 32 heavy (non-hydrogen) atoms. The van der Waals surface area contributed by atoms with Crippen molar-refractivity contribution in [2.75, 3.05) is 18.7 Å². The average Bonchev–Trinajstić information content (AvgIpc) is 3.43. The van der Waals surface area contributed by atoms with Crippen LogP contribution in [0.15, 0.2) is 66.7 Å². The third-order valence-corrected chi connectivity index (χ3v) is 6.10. The lowest BCUT2D eigenvalue weighted by molar-refractivity contribution is 0.174. The number of carbonyl (C=O) groups excluding carboxylic acids is 1. The highest BCUT2D eigenvalue weighted by Crippen LogP contribution is 2.39. The Morgan fingerprint density at radius 1 is 1.03 bits per heavy atom. The Labute approximate surface area is 183 Å². The van der Waals surface area contributed by atoms with Crippen molar-refractivity contribution in [1.29, 1.82) is 0 Å². The summed E-state index contributed by atoms with van der Waals surface area (Å²) in [6.07, 6.45) is 0.728. The van der Waals surface area contributed by atoms with Crippen molar-refractivity contribution in [1.82, 2.24) is 9.88 Å². The number of halogens is 1. The largest absolute Gasteiger partial charge is 0.454 e. The number of hydrogen-bond acceptors (Lipinski definition) is 3. The van der Waals surface area contributed by atoms with Crippen LogP contribution in [-0.4, -0.2) is 29.3 Å². The second-order valence-electron chi connectivity index (χ2n) is 7.96. The fourth-order valence-corrected chi connectivity index (χ4v) is 4.62. The molecule has 160 valence electrons. The third kappa shape index (κ3) is 3.05. The molecule has 3 heterocycles. The first-order valence-electron chi connectivity index (χ1n) is 10.5. The second kappa shape index (κ2) is 7.30. The van der Waals surface area contributed by atoms with Gasteiger partial charge in [0.05, 0.1) is 6.04 Å². The van der Waals surface area contributed by atoms with E-state index in [-0.39, 0.29) is 24.7 Å². The van der Waals surface area contributed by atoms with Crippen LogP contribution in [0.25, 0.3) is 10.9 Å². The molecular formula is C25H20FN3O3. The summed E-state index contributed by atoms with van der Waals surface area (Å²) in [5.41, 5.74) is 4.66. The minimum Gasteiger partial charge on any atom is -0.454 e. The summed E-state index contributed by atoms with van der Waals surface area (Å²) in [7, 11) is 0. The number of rotatable bonds is 2. The van der Waals surface area contributed by atoms with E-state index in [1.807, 2.05) is 18.2 Å². The quantitative estimate of drug-likeness (QED) is 0.459. The number of fused-ring (bicyclic) bond motifs is 4. The van der Waals surface area contributed by atoms with Gasteiger partial charge in [0.25, 0.3) is 0 Å². The van der Waals surface area contributed by atoms with Crippen molar-refractivity contribution in [3.8, 4) is 11.5 Å². The molecule has 2 amide bonds. The molecule has 0 saturated heterocycles. The smallest absolute Gasteiger partial charge is 0.322 e. The maximum Gasteiger partial charge on any atom is 0.322 e. The van der Waals surface area contributed by atoms with Crippen LogP contribution in [0.3, 0.4) is 0 Å². The van der Waals surface area contributed by atoms with Crippen LogP contribution in [0.1, 0.15) is 22.9 Å². The molecule has 0 aliphatic carbocycles. The predicted molar refractivity (Wildman–Crippen MR) is 119 cm³/mol. The van der Waals surface area contributed by atoms with Crippen LogP contribution >= 0.6 is 0 Å². The number of nitrogens with one attached hydrogen (secondary N) is 2. The summed E-state index contributed by atoms with van der Waals surface area (Å²) < 4.78 is 24.4. The minimum atomic E-state index is -0.360. The number of ether oxygens (including phenoxy) is 2. The molecule has 6 nitrogen and oxygen atoms in total.